The molecule has 1 saturated carbocycles. The fourth-order valence-electron chi connectivity index (χ4n) is 4.36. The highest BCUT2D eigenvalue weighted by atomic mass is 19.1. The summed E-state index contributed by atoms with van der Waals surface area (Å²) in [7, 11) is 1.44. The van der Waals surface area contributed by atoms with Gasteiger partial charge in [0.15, 0.2) is 5.82 Å². The third-order valence-electron chi connectivity index (χ3n) is 6.28. The van der Waals surface area contributed by atoms with Crippen LogP contribution in [-0.2, 0) is 4.74 Å². The van der Waals surface area contributed by atoms with Gasteiger partial charge in [-0.2, -0.15) is 14.8 Å². The molecule has 0 aromatic carbocycles. The van der Waals surface area contributed by atoms with Crippen LogP contribution in [0.15, 0.2) is 22.9 Å². The van der Waals surface area contributed by atoms with Gasteiger partial charge >= 0.3 is 0 Å². The number of aryl methyl sites for hydroxylation is 1. The lowest BCUT2D eigenvalue weighted by Gasteiger charge is -2.28. The van der Waals surface area contributed by atoms with E-state index in [0.717, 1.165) is 37.9 Å². The summed E-state index contributed by atoms with van der Waals surface area (Å²) < 4.78 is 33.2. The quantitative estimate of drug-likeness (QED) is 0.420. The van der Waals surface area contributed by atoms with Gasteiger partial charge in [0.1, 0.15) is 17.7 Å². The van der Waals surface area contributed by atoms with Crippen LogP contribution in [0.5, 0.6) is 5.88 Å². The summed E-state index contributed by atoms with van der Waals surface area (Å²) in [6, 6.07) is 1.23. The number of nitrogen functional groups attached to an aromatic ring is 1. The lowest BCUT2D eigenvalue weighted by atomic mass is 9.87. The number of pyridine rings is 1. The van der Waals surface area contributed by atoms with Crippen molar-refractivity contribution in [2.24, 2.45) is 0 Å². The molecule has 0 bridgehead atoms. The highest BCUT2D eigenvalue weighted by molar-refractivity contribution is 5.78. The first-order chi connectivity index (χ1) is 16.8. The van der Waals surface area contributed by atoms with Crippen LogP contribution in [0, 0.1) is 12.7 Å². The minimum Gasteiger partial charge on any atom is -0.481 e. The number of anilines is 1. The summed E-state index contributed by atoms with van der Waals surface area (Å²) in [5.74, 6) is 2.50. The molecule has 2 N–H and O–H groups in total. The number of halogens is 1. The SMILES string of the molecule is CC/C=C(/OC1CCC(c2nc(C(C)C)no2)CC1)n1nc(C)c(-c2cnc(OC)cc2F)c1N. The van der Waals surface area contributed by atoms with Gasteiger partial charge in [-0.05, 0) is 45.1 Å². The Kier molecular flexibility index (Phi) is 7.37. The van der Waals surface area contributed by atoms with Crippen LogP contribution in [0.2, 0.25) is 0 Å². The predicted octanol–water partition coefficient (Wildman–Crippen LogP) is 5.44. The number of hydrogen-bond acceptors (Lipinski definition) is 8. The summed E-state index contributed by atoms with van der Waals surface area (Å²) in [5, 5.41) is 8.67. The second-order valence-corrected chi connectivity index (χ2v) is 9.15. The van der Waals surface area contributed by atoms with E-state index in [-0.39, 0.29) is 29.4 Å². The van der Waals surface area contributed by atoms with Crippen LogP contribution in [-0.4, -0.2) is 38.1 Å². The molecule has 0 spiro atoms. The molecule has 35 heavy (non-hydrogen) atoms. The second-order valence-electron chi connectivity index (χ2n) is 9.15. The molecule has 0 radical (unpaired) electrons. The number of rotatable bonds is 8. The van der Waals surface area contributed by atoms with Crippen LogP contribution in [0.3, 0.4) is 0 Å². The van der Waals surface area contributed by atoms with Crippen molar-refractivity contribution in [3.63, 3.8) is 0 Å². The van der Waals surface area contributed by atoms with Crippen molar-refractivity contribution in [3.8, 4) is 17.0 Å². The highest BCUT2D eigenvalue weighted by Gasteiger charge is 2.29. The molecule has 0 unspecified atom stereocenters. The molecule has 3 aromatic heterocycles. The van der Waals surface area contributed by atoms with E-state index in [4.69, 9.17) is 19.7 Å². The molecule has 1 fully saturated rings. The van der Waals surface area contributed by atoms with E-state index in [1.807, 2.05) is 13.0 Å². The third-order valence-corrected chi connectivity index (χ3v) is 6.28. The van der Waals surface area contributed by atoms with Gasteiger partial charge < -0.3 is 19.7 Å². The molecular weight excluding hydrogens is 451 g/mol. The lowest BCUT2D eigenvalue weighted by molar-refractivity contribution is 0.101. The molecule has 188 valence electrons. The maximum absolute atomic E-state index is 14.8. The summed E-state index contributed by atoms with van der Waals surface area (Å²) >= 11 is 0. The summed E-state index contributed by atoms with van der Waals surface area (Å²) in [6.45, 7) is 7.91. The first kappa shape index (κ1) is 24.7. The van der Waals surface area contributed by atoms with E-state index in [0.29, 0.717) is 28.8 Å². The van der Waals surface area contributed by atoms with Crippen molar-refractivity contribution in [1.82, 2.24) is 24.9 Å². The molecule has 0 aliphatic heterocycles. The highest BCUT2D eigenvalue weighted by Crippen LogP contribution is 2.37. The molecule has 10 heteroatoms. The van der Waals surface area contributed by atoms with Gasteiger partial charge in [-0.25, -0.2) is 9.37 Å². The van der Waals surface area contributed by atoms with Crippen molar-refractivity contribution in [1.29, 1.82) is 0 Å². The van der Waals surface area contributed by atoms with E-state index in [1.54, 1.807) is 11.6 Å². The van der Waals surface area contributed by atoms with Crippen LogP contribution >= 0.6 is 0 Å². The van der Waals surface area contributed by atoms with Crippen molar-refractivity contribution < 1.29 is 18.4 Å². The van der Waals surface area contributed by atoms with Crippen LogP contribution in [0.25, 0.3) is 17.0 Å². The Morgan fingerprint density at radius 1 is 1.31 bits per heavy atom. The topological polar surface area (TPSA) is 114 Å². The minimum atomic E-state index is -0.479. The van der Waals surface area contributed by atoms with Gasteiger partial charge in [0.2, 0.25) is 17.7 Å². The van der Waals surface area contributed by atoms with Crippen molar-refractivity contribution in [2.45, 2.75) is 77.7 Å². The fourth-order valence-corrected chi connectivity index (χ4v) is 4.36. The molecule has 4 rings (SSSR count). The smallest absolute Gasteiger partial charge is 0.229 e. The normalized spacial score (nSPS) is 18.8. The van der Waals surface area contributed by atoms with Gasteiger partial charge in [0.25, 0.3) is 0 Å². The zero-order valence-corrected chi connectivity index (χ0v) is 20.9. The maximum Gasteiger partial charge on any atom is 0.229 e. The Morgan fingerprint density at radius 3 is 2.66 bits per heavy atom. The van der Waals surface area contributed by atoms with E-state index in [2.05, 4.69) is 34.1 Å². The fraction of sp³-hybridized carbons (Fsp3) is 0.520. The number of hydrogen-bond donors (Lipinski definition) is 1. The average molecular weight is 485 g/mol. The van der Waals surface area contributed by atoms with Gasteiger partial charge in [-0.15, -0.1) is 0 Å². The van der Waals surface area contributed by atoms with Gasteiger partial charge in [-0.1, -0.05) is 25.9 Å². The Hall–Kier alpha value is -3.43. The molecule has 3 aromatic rings. The lowest BCUT2D eigenvalue weighted by Crippen LogP contribution is -2.22. The Bertz CT molecular complexity index is 1190. The van der Waals surface area contributed by atoms with E-state index >= 15 is 0 Å². The van der Waals surface area contributed by atoms with Gasteiger partial charge in [0, 0.05) is 29.7 Å². The number of nitrogens with two attached hydrogens (primary N) is 1. The predicted molar refractivity (Wildman–Crippen MR) is 130 cm³/mol. The van der Waals surface area contributed by atoms with Crippen LogP contribution < -0.4 is 10.5 Å². The average Bonchev–Trinajstić information content (AvgIpc) is 3.45. The molecular formula is C25H33FN6O3. The number of allylic oxidation sites excluding steroid dienone is 1. The first-order valence-electron chi connectivity index (χ1n) is 12.1. The molecule has 3 heterocycles. The van der Waals surface area contributed by atoms with E-state index in [1.165, 1.54) is 19.4 Å². The van der Waals surface area contributed by atoms with E-state index < -0.39 is 5.82 Å². The monoisotopic (exact) mass is 484 g/mol. The molecule has 0 atom stereocenters. The largest absolute Gasteiger partial charge is 0.481 e. The summed E-state index contributed by atoms with van der Waals surface area (Å²) in [5.41, 5.74) is 7.80. The number of nitrogens with zero attached hydrogens (tertiary/aromatic N) is 5. The zero-order chi connectivity index (χ0) is 25.1. The molecule has 0 saturated heterocycles. The Balaban J connectivity index is 1.50. The molecule has 0 amide bonds. The standard InChI is InChI=1S/C25H33FN6O3/c1-6-7-21(34-17-10-8-16(9-11-17)25-29-24(14(2)3)31-35-25)32-23(27)22(15(4)30-32)18-13-28-20(33-5)12-19(18)26/h7,12-14,16-17H,6,8-11,27H2,1-5H3/b21-7+. The number of methoxy groups -OCH3 is 1. The van der Waals surface area contributed by atoms with Crippen molar-refractivity contribution in [2.75, 3.05) is 12.8 Å². The molecule has 1 aliphatic rings. The zero-order valence-electron chi connectivity index (χ0n) is 20.9. The number of aromatic nitrogens is 5. The molecule has 1 aliphatic carbocycles. The number of ether oxygens (including phenoxy) is 2. The first-order valence-corrected chi connectivity index (χ1v) is 12.1. The summed E-state index contributed by atoms with van der Waals surface area (Å²) in [4.78, 5) is 8.69. The Labute approximate surface area is 204 Å². The molecule has 9 nitrogen and oxygen atoms in total. The van der Waals surface area contributed by atoms with Crippen LogP contribution in [0.1, 0.15) is 82.1 Å². The maximum atomic E-state index is 14.8. The van der Waals surface area contributed by atoms with Crippen molar-refractivity contribution >= 4 is 11.7 Å². The summed E-state index contributed by atoms with van der Waals surface area (Å²) in [6.07, 6.45) is 7.56. The second kappa shape index (κ2) is 10.5. The van der Waals surface area contributed by atoms with Crippen molar-refractivity contribution in [3.05, 3.63) is 41.6 Å². The van der Waals surface area contributed by atoms with Gasteiger partial charge in [0.05, 0.1) is 18.4 Å². The van der Waals surface area contributed by atoms with Crippen LogP contribution in [0.4, 0.5) is 10.2 Å². The third kappa shape index (κ3) is 5.16. The minimum absolute atomic E-state index is 0.00304. The Morgan fingerprint density at radius 2 is 2.06 bits per heavy atom. The van der Waals surface area contributed by atoms with E-state index in [9.17, 15) is 4.39 Å². The van der Waals surface area contributed by atoms with Gasteiger partial charge in [-0.3, -0.25) is 0 Å².